The molecule has 0 spiro atoms. The zero-order chi connectivity index (χ0) is 11.5. The van der Waals surface area contributed by atoms with Crippen LogP contribution in [0.2, 0.25) is 5.02 Å². The molecule has 16 heavy (non-hydrogen) atoms. The zero-order valence-corrected chi connectivity index (χ0v) is 11.2. The predicted octanol–water partition coefficient (Wildman–Crippen LogP) is 2.12. The summed E-state index contributed by atoms with van der Waals surface area (Å²) < 4.78 is 6.53. The fourth-order valence-corrected chi connectivity index (χ4v) is 2.47. The summed E-state index contributed by atoms with van der Waals surface area (Å²) in [4.78, 5) is 2.27. The molecule has 1 aromatic carbocycles. The van der Waals surface area contributed by atoms with Crippen molar-refractivity contribution in [1.29, 1.82) is 0 Å². The molecular weight excluding hydrogens is 291 g/mol. The lowest BCUT2D eigenvalue weighted by molar-refractivity contribution is 0.124. The lowest BCUT2D eigenvalue weighted by Gasteiger charge is -2.36. The van der Waals surface area contributed by atoms with E-state index in [1.54, 1.807) is 0 Å². The SMILES string of the molecule is NC1CN(CCOc2ccc(Cl)cc2Br)C1. The monoisotopic (exact) mass is 304 g/mol. The third-order valence-electron chi connectivity index (χ3n) is 2.54. The van der Waals surface area contributed by atoms with Crippen molar-refractivity contribution >= 4 is 27.5 Å². The first-order valence-corrected chi connectivity index (χ1v) is 6.38. The largest absolute Gasteiger partial charge is 0.491 e. The van der Waals surface area contributed by atoms with Crippen LogP contribution in [0.15, 0.2) is 22.7 Å². The Labute approximate surface area is 109 Å². The molecule has 1 heterocycles. The Balaban J connectivity index is 1.76. The van der Waals surface area contributed by atoms with Crippen molar-refractivity contribution < 1.29 is 4.74 Å². The first kappa shape index (κ1) is 12.2. The number of likely N-dealkylation sites (tertiary alicyclic amines) is 1. The Bertz CT molecular complexity index is 369. The van der Waals surface area contributed by atoms with Gasteiger partial charge in [0.05, 0.1) is 4.47 Å². The molecule has 0 saturated carbocycles. The van der Waals surface area contributed by atoms with Crippen LogP contribution in [-0.4, -0.2) is 37.2 Å². The van der Waals surface area contributed by atoms with Gasteiger partial charge >= 0.3 is 0 Å². The van der Waals surface area contributed by atoms with Gasteiger partial charge in [-0.2, -0.15) is 0 Å². The number of rotatable bonds is 4. The van der Waals surface area contributed by atoms with Gasteiger partial charge in [-0.15, -0.1) is 0 Å². The van der Waals surface area contributed by atoms with E-state index >= 15 is 0 Å². The summed E-state index contributed by atoms with van der Waals surface area (Å²) in [5.41, 5.74) is 5.69. The summed E-state index contributed by atoms with van der Waals surface area (Å²) >= 11 is 9.25. The van der Waals surface area contributed by atoms with Gasteiger partial charge in [0, 0.05) is 30.7 Å². The highest BCUT2D eigenvalue weighted by molar-refractivity contribution is 9.10. The average Bonchev–Trinajstić information content (AvgIpc) is 2.18. The van der Waals surface area contributed by atoms with E-state index in [1.165, 1.54) is 0 Å². The second-order valence-corrected chi connectivity index (χ2v) is 5.23. The minimum absolute atomic E-state index is 0.349. The fourth-order valence-electron chi connectivity index (χ4n) is 1.67. The number of hydrogen-bond acceptors (Lipinski definition) is 3. The number of nitrogens with two attached hydrogens (primary N) is 1. The van der Waals surface area contributed by atoms with E-state index < -0.39 is 0 Å². The predicted molar refractivity (Wildman–Crippen MR) is 69.1 cm³/mol. The van der Waals surface area contributed by atoms with Gasteiger partial charge in [0.25, 0.3) is 0 Å². The second kappa shape index (κ2) is 5.36. The molecule has 0 aliphatic carbocycles. The van der Waals surface area contributed by atoms with Crippen LogP contribution in [0.25, 0.3) is 0 Å². The summed E-state index contributed by atoms with van der Waals surface area (Å²) in [5.74, 6) is 0.828. The first-order chi connectivity index (χ1) is 7.65. The molecule has 1 aliphatic heterocycles. The molecule has 88 valence electrons. The van der Waals surface area contributed by atoms with E-state index in [0.29, 0.717) is 17.7 Å². The summed E-state index contributed by atoms with van der Waals surface area (Å²) in [6.07, 6.45) is 0. The van der Waals surface area contributed by atoms with Gasteiger partial charge in [0.1, 0.15) is 12.4 Å². The molecule has 0 unspecified atom stereocenters. The molecule has 1 aliphatic rings. The average molecular weight is 306 g/mol. The maximum atomic E-state index is 5.84. The van der Waals surface area contributed by atoms with Gasteiger partial charge in [-0.25, -0.2) is 0 Å². The minimum atomic E-state index is 0.349. The van der Waals surface area contributed by atoms with Gasteiger partial charge in [-0.3, -0.25) is 4.90 Å². The molecule has 0 amide bonds. The van der Waals surface area contributed by atoms with Gasteiger partial charge in [0.2, 0.25) is 0 Å². The molecular formula is C11H14BrClN2O. The third-order valence-corrected chi connectivity index (χ3v) is 3.40. The highest BCUT2D eigenvalue weighted by Crippen LogP contribution is 2.27. The van der Waals surface area contributed by atoms with Crippen molar-refractivity contribution in [2.45, 2.75) is 6.04 Å². The van der Waals surface area contributed by atoms with Gasteiger partial charge < -0.3 is 10.5 Å². The Morgan fingerprint density at radius 1 is 1.50 bits per heavy atom. The Morgan fingerprint density at radius 3 is 2.88 bits per heavy atom. The van der Waals surface area contributed by atoms with Crippen LogP contribution in [0, 0.1) is 0 Å². The Hall–Kier alpha value is -0.290. The van der Waals surface area contributed by atoms with Gasteiger partial charge in [-0.1, -0.05) is 11.6 Å². The number of hydrogen-bond donors (Lipinski definition) is 1. The van der Waals surface area contributed by atoms with Crippen molar-refractivity contribution in [2.24, 2.45) is 5.73 Å². The van der Waals surface area contributed by atoms with Crippen LogP contribution >= 0.6 is 27.5 Å². The third kappa shape index (κ3) is 3.10. The van der Waals surface area contributed by atoms with Crippen LogP contribution in [0.1, 0.15) is 0 Å². The summed E-state index contributed by atoms with van der Waals surface area (Å²) in [5, 5.41) is 0.702. The molecule has 2 N–H and O–H groups in total. The van der Waals surface area contributed by atoms with Crippen molar-refractivity contribution in [3.05, 3.63) is 27.7 Å². The highest BCUT2D eigenvalue weighted by Gasteiger charge is 2.22. The van der Waals surface area contributed by atoms with E-state index in [4.69, 9.17) is 22.1 Å². The maximum Gasteiger partial charge on any atom is 0.133 e. The standard InChI is InChI=1S/C11H14BrClN2O/c12-10-5-8(13)1-2-11(10)16-4-3-15-6-9(14)7-15/h1-2,5,9H,3-4,6-7,14H2. The lowest BCUT2D eigenvalue weighted by Crippen LogP contribution is -2.56. The molecule has 1 fully saturated rings. The van der Waals surface area contributed by atoms with Gasteiger partial charge in [0.15, 0.2) is 0 Å². The molecule has 1 saturated heterocycles. The fraction of sp³-hybridized carbons (Fsp3) is 0.455. The number of benzene rings is 1. The van der Waals surface area contributed by atoms with E-state index in [2.05, 4.69) is 20.8 Å². The van der Waals surface area contributed by atoms with Crippen LogP contribution in [0.5, 0.6) is 5.75 Å². The van der Waals surface area contributed by atoms with Crippen LogP contribution < -0.4 is 10.5 Å². The van der Waals surface area contributed by atoms with Crippen molar-refractivity contribution in [1.82, 2.24) is 4.90 Å². The Kier molecular flexibility index (Phi) is 4.08. The van der Waals surface area contributed by atoms with Gasteiger partial charge in [-0.05, 0) is 34.1 Å². The summed E-state index contributed by atoms with van der Waals surface area (Å²) in [7, 11) is 0. The molecule has 0 radical (unpaired) electrons. The molecule has 0 atom stereocenters. The Morgan fingerprint density at radius 2 is 2.25 bits per heavy atom. The molecule has 0 bridgehead atoms. The van der Waals surface area contributed by atoms with Crippen molar-refractivity contribution in [3.63, 3.8) is 0 Å². The quantitative estimate of drug-likeness (QED) is 0.926. The molecule has 5 heteroatoms. The summed E-state index contributed by atoms with van der Waals surface area (Å²) in [6.45, 7) is 3.55. The van der Waals surface area contributed by atoms with Crippen molar-refractivity contribution in [3.8, 4) is 5.75 Å². The van der Waals surface area contributed by atoms with Crippen LogP contribution in [0.4, 0.5) is 0 Å². The normalized spacial score (nSPS) is 17.2. The molecule has 1 aromatic rings. The lowest BCUT2D eigenvalue weighted by atomic mass is 10.1. The highest BCUT2D eigenvalue weighted by atomic mass is 79.9. The van der Waals surface area contributed by atoms with E-state index in [1.807, 2.05) is 18.2 Å². The number of nitrogens with zero attached hydrogens (tertiary/aromatic N) is 1. The molecule has 2 rings (SSSR count). The smallest absolute Gasteiger partial charge is 0.133 e. The van der Waals surface area contributed by atoms with Crippen LogP contribution in [-0.2, 0) is 0 Å². The number of ether oxygens (including phenoxy) is 1. The maximum absolute atomic E-state index is 5.84. The first-order valence-electron chi connectivity index (χ1n) is 5.21. The second-order valence-electron chi connectivity index (χ2n) is 3.94. The van der Waals surface area contributed by atoms with Crippen LogP contribution in [0.3, 0.4) is 0 Å². The topological polar surface area (TPSA) is 38.5 Å². The summed E-state index contributed by atoms with van der Waals surface area (Å²) in [6, 6.07) is 5.87. The van der Waals surface area contributed by atoms with E-state index in [-0.39, 0.29) is 0 Å². The zero-order valence-electron chi connectivity index (χ0n) is 8.83. The number of halogens is 2. The molecule has 3 nitrogen and oxygen atoms in total. The molecule has 0 aromatic heterocycles. The van der Waals surface area contributed by atoms with Crippen molar-refractivity contribution in [2.75, 3.05) is 26.2 Å². The van der Waals surface area contributed by atoms with E-state index in [9.17, 15) is 0 Å². The van der Waals surface area contributed by atoms with E-state index in [0.717, 1.165) is 29.9 Å². The minimum Gasteiger partial charge on any atom is -0.491 e.